The molecule has 1 aliphatic rings. The van der Waals surface area contributed by atoms with Gasteiger partial charge in [-0.25, -0.2) is 9.97 Å². The van der Waals surface area contributed by atoms with Crippen molar-refractivity contribution in [2.24, 2.45) is 5.73 Å². The average Bonchev–Trinajstić information content (AvgIpc) is 2.32. The third-order valence-corrected chi connectivity index (χ3v) is 3.38. The summed E-state index contributed by atoms with van der Waals surface area (Å²) in [4.78, 5) is 10.8. The molecule has 2 N–H and O–H groups in total. The van der Waals surface area contributed by atoms with Gasteiger partial charge in [0.25, 0.3) is 0 Å². The van der Waals surface area contributed by atoms with Crippen molar-refractivity contribution in [3.05, 3.63) is 17.0 Å². The fourth-order valence-corrected chi connectivity index (χ4v) is 2.46. The van der Waals surface area contributed by atoms with Crippen LogP contribution in [0.5, 0.6) is 0 Å². The normalized spacial score (nSPS) is 18.2. The zero-order valence-electron chi connectivity index (χ0n) is 10.2. The first kappa shape index (κ1) is 12.6. The number of hydrogen-bond acceptors (Lipinski definition) is 4. The van der Waals surface area contributed by atoms with Crippen LogP contribution in [-0.4, -0.2) is 29.1 Å². The van der Waals surface area contributed by atoms with E-state index in [1.165, 1.54) is 25.6 Å². The molecule has 0 bridgehead atoms. The van der Waals surface area contributed by atoms with Gasteiger partial charge >= 0.3 is 0 Å². The van der Waals surface area contributed by atoms with Crippen molar-refractivity contribution in [1.82, 2.24) is 9.97 Å². The Morgan fingerprint density at radius 2 is 2.06 bits per heavy atom. The van der Waals surface area contributed by atoms with Crippen LogP contribution in [0.1, 0.15) is 31.7 Å². The molecule has 1 aromatic rings. The average molecular weight is 255 g/mol. The fraction of sp³-hybridized carbons (Fsp3) is 0.667. The minimum atomic E-state index is 0.0713. The predicted molar refractivity (Wildman–Crippen MR) is 70.5 cm³/mol. The summed E-state index contributed by atoms with van der Waals surface area (Å²) >= 11 is 6.16. The number of hydrogen-bond donors (Lipinski definition) is 1. The molecule has 1 fully saturated rings. The van der Waals surface area contributed by atoms with Gasteiger partial charge in [0.05, 0.1) is 0 Å². The van der Waals surface area contributed by atoms with E-state index in [-0.39, 0.29) is 6.04 Å². The lowest BCUT2D eigenvalue weighted by Crippen LogP contribution is -2.32. The van der Waals surface area contributed by atoms with Gasteiger partial charge in [-0.3, -0.25) is 0 Å². The molecule has 2 heterocycles. The van der Waals surface area contributed by atoms with Crippen LogP contribution >= 0.6 is 11.6 Å². The Labute approximate surface area is 107 Å². The maximum Gasteiger partial charge on any atom is 0.137 e. The third-order valence-electron chi connectivity index (χ3n) is 3.05. The van der Waals surface area contributed by atoms with Crippen molar-refractivity contribution in [1.29, 1.82) is 0 Å². The summed E-state index contributed by atoms with van der Waals surface area (Å²) in [7, 11) is 0. The molecule has 0 radical (unpaired) electrons. The van der Waals surface area contributed by atoms with Crippen molar-refractivity contribution >= 4 is 17.4 Å². The first-order valence-electron chi connectivity index (χ1n) is 6.18. The highest BCUT2D eigenvalue weighted by atomic mass is 35.5. The minimum absolute atomic E-state index is 0.0713. The standard InChI is InChI=1S/C12H19ClN4/c1-9(14)7-10-11(13)15-8-16-12(10)17-5-3-2-4-6-17/h8-9H,2-7,14H2,1H3. The lowest BCUT2D eigenvalue weighted by Gasteiger charge is -2.29. The smallest absolute Gasteiger partial charge is 0.137 e. The van der Waals surface area contributed by atoms with E-state index in [4.69, 9.17) is 17.3 Å². The highest BCUT2D eigenvalue weighted by molar-refractivity contribution is 6.30. The highest BCUT2D eigenvalue weighted by Crippen LogP contribution is 2.26. The Bertz CT molecular complexity index is 375. The Balaban J connectivity index is 2.27. The number of piperidine rings is 1. The van der Waals surface area contributed by atoms with E-state index in [1.807, 2.05) is 6.92 Å². The van der Waals surface area contributed by atoms with E-state index in [1.54, 1.807) is 0 Å². The van der Waals surface area contributed by atoms with Crippen LogP contribution in [0.3, 0.4) is 0 Å². The molecule has 1 atom stereocenters. The second-order valence-electron chi connectivity index (χ2n) is 4.70. The third kappa shape index (κ3) is 3.07. The Morgan fingerprint density at radius 3 is 2.71 bits per heavy atom. The van der Waals surface area contributed by atoms with Crippen molar-refractivity contribution in [3.63, 3.8) is 0 Å². The molecule has 17 heavy (non-hydrogen) atoms. The molecule has 94 valence electrons. The molecule has 1 aromatic heterocycles. The van der Waals surface area contributed by atoms with Gasteiger partial charge < -0.3 is 10.6 Å². The lowest BCUT2D eigenvalue weighted by atomic mass is 10.1. The van der Waals surface area contributed by atoms with Crippen molar-refractivity contribution < 1.29 is 0 Å². The van der Waals surface area contributed by atoms with Crippen molar-refractivity contribution in [2.75, 3.05) is 18.0 Å². The van der Waals surface area contributed by atoms with E-state index in [0.29, 0.717) is 5.15 Å². The van der Waals surface area contributed by atoms with Gasteiger partial charge in [0, 0.05) is 24.7 Å². The summed E-state index contributed by atoms with van der Waals surface area (Å²) in [6, 6.07) is 0.0713. The maximum absolute atomic E-state index is 6.16. The van der Waals surface area contributed by atoms with Gasteiger partial charge in [0.1, 0.15) is 17.3 Å². The topological polar surface area (TPSA) is 55.0 Å². The van der Waals surface area contributed by atoms with Gasteiger partial charge in [-0.05, 0) is 32.6 Å². The van der Waals surface area contributed by atoms with Crippen LogP contribution in [0.2, 0.25) is 5.15 Å². The fourth-order valence-electron chi connectivity index (χ4n) is 2.26. The van der Waals surface area contributed by atoms with Gasteiger partial charge in [-0.15, -0.1) is 0 Å². The van der Waals surface area contributed by atoms with E-state index in [9.17, 15) is 0 Å². The summed E-state index contributed by atoms with van der Waals surface area (Å²) < 4.78 is 0. The molecular formula is C12H19ClN4. The molecule has 0 aromatic carbocycles. The summed E-state index contributed by atoms with van der Waals surface area (Å²) in [5.74, 6) is 0.974. The second-order valence-corrected chi connectivity index (χ2v) is 5.05. The van der Waals surface area contributed by atoms with Crippen LogP contribution in [-0.2, 0) is 6.42 Å². The van der Waals surface area contributed by atoms with Gasteiger partial charge in [-0.1, -0.05) is 11.6 Å². The van der Waals surface area contributed by atoms with E-state index < -0.39 is 0 Å². The summed E-state index contributed by atoms with van der Waals surface area (Å²) in [5, 5.41) is 0.540. The monoisotopic (exact) mass is 254 g/mol. The minimum Gasteiger partial charge on any atom is -0.356 e. The quantitative estimate of drug-likeness (QED) is 0.839. The summed E-state index contributed by atoms with van der Waals surface area (Å²) in [5.41, 5.74) is 6.85. The molecule has 1 aliphatic heterocycles. The van der Waals surface area contributed by atoms with Gasteiger partial charge in [-0.2, -0.15) is 0 Å². The maximum atomic E-state index is 6.16. The predicted octanol–water partition coefficient (Wildman–Crippen LogP) is 2.01. The first-order chi connectivity index (χ1) is 8.18. The van der Waals surface area contributed by atoms with Crippen LogP contribution in [0.4, 0.5) is 5.82 Å². The first-order valence-corrected chi connectivity index (χ1v) is 6.56. The number of nitrogens with zero attached hydrogens (tertiary/aromatic N) is 3. The van der Waals surface area contributed by atoms with Crippen LogP contribution in [0.15, 0.2) is 6.33 Å². The number of halogens is 1. The number of anilines is 1. The molecule has 1 unspecified atom stereocenters. The Hall–Kier alpha value is -0.870. The van der Waals surface area contributed by atoms with E-state index in [2.05, 4.69) is 14.9 Å². The van der Waals surface area contributed by atoms with Crippen LogP contribution in [0.25, 0.3) is 0 Å². The highest BCUT2D eigenvalue weighted by Gasteiger charge is 2.19. The number of aromatic nitrogens is 2. The zero-order valence-corrected chi connectivity index (χ0v) is 11.0. The summed E-state index contributed by atoms with van der Waals surface area (Å²) in [6.45, 7) is 4.09. The number of rotatable bonds is 3. The molecule has 1 saturated heterocycles. The number of nitrogens with two attached hydrogens (primary N) is 1. The van der Waals surface area contributed by atoms with E-state index in [0.717, 1.165) is 30.9 Å². The van der Waals surface area contributed by atoms with Crippen molar-refractivity contribution in [3.8, 4) is 0 Å². The molecule has 4 nitrogen and oxygen atoms in total. The molecular weight excluding hydrogens is 236 g/mol. The second kappa shape index (κ2) is 5.65. The molecule has 0 spiro atoms. The van der Waals surface area contributed by atoms with Gasteiger partial charge in [0.15, 0.2) is 0 Å². The molecule has 2 rings (SSSR count). The SMILES string of the molecule is CC(N)Cc1c(Cl)ncnc1N1CCCCC1. The molecule has 0 aliphatic carbocycles. The Morgan fingerprint density at radius 1 is 1.35 bits per heavy atom. The largest absolute Gasteiger partial charge is 0.356 e. The molecule has 5 heteroatoms. The van der Waals surface area contributed by atoms with E-state index >= 15 is 0 Å². The summed E-state index contributed by atoms with van der Waals surface area (Å²) in [6.07, 6.45) is 6.01. The zero-order chi connectivity index (χ0) is 12.3. The molecule has 0 saturated carbocycles. The van der Waals surface area contributed by atoms with Gasteiger partial charge in [0.2, 0.25) is 0 Å². The van der Waals surface area contributed by atoms with Crippen LogP contribution < -0.4 is 10.6 Å². The van der Waals surface area contributed by atoms with Crippen molar-refractivity contribution in [2.45, 2.75) is 38.6 Å². The molecule has 0 amide bonds. The van der Waals surface area contributed by atoms with Crippen LogP contribution in [0, 0.1) is 0 Å². The lowest BCUT2D eigenvalue weighted by molar-refractivity contribution is 0.569. The Kier molecular flexibility index (Phi) is 4.18.